The Morgan fingerprint density at radius 1 is 1.20 bits per heavy atom. The van der Waals surface area contributed by atoms with E-state index in [0.29, 0.717) is 12.3 Å². The number of aliphatic hydroxyl groups excluding tert-OH is 1. The van der Waals surface area contributed by atoms with E-state index < -0.39 is 0 Å². The molecule has 1 N–H and O–H groups in total. The Bertz CT molecular complexity index is 506. The summed E-state index contributed by atoms with van der Waals surface area (Å²) < 4.78 is 0. The SMILES string of the molecule is CN1C(=O)CCc2cc(C(O)C3CCCCC3)ccc21. The molecule has 0 aromatic heterocycles. The first-order valence-electron chi connectivity index (χ1n) is 7.74. The van der Waals surface area contributed by atoms with Gasteiger partial charge in [0.1, 0.15) is 0 Å². The minimum Gasteiger partial charge on any atom is -0.388 e. The molecular formula is C17H23NO2. The van der Waals surface area contributed by atoms with Crippen molar-refractivity contribution in [1.29, 1.82) is 0 Å². The normalized spacial score (nSPS) is 21.7. The molecule has 1 aliphatic heterocycles. The molecule has 1 amide bonds. The summed E-state index contributed by atoms with van der Waals surface area (Å²) in [6.45, 7) is 0. The van der Waals surface area contributed by atoms with Crippen LogP contribution in [-0.4, -0.2) is 18.1 Å². The van der Waals surface area contributed by atoms with Crippen molar-refractivity contribution in [3.63, 3.8) is 0 Å². The fourth-order valence-corrected chi connectivity index (χ4v) is 3.58. The lowest BCUT2D eigenvalue weighted by molar-refractivity contribution is -0.118. The Hall–Kier alpha value is -1.35. The number of aryl methyl sites for hydroxylation is 1. The van der Waals surface area contributed by atoms with Crippen molar-refractivity contribution in [3.8, 4) is 0 Å². The number of fused-ring (bicyclic) bond motifs is 1. The van der Waals surface area contributed by atoms with E-state index in [1.54, 1.807) is 4.90 Å². The van der Waals surface area contributed by atoms with E-state index in [0.717, 1.165) is 30.5 Å². The molecule has 1 atom stereocenters. The fraction of sp³-hybridized carbons (Fsp3) is 0.588. The van der Waals surface area contributed by atoms with Gasteiger partial charge in [0, 0.05) is 19.2 Å². The predicted molar refractivity (Wildman–Crippen MR) is 79.7 cm³/mol. The monoisotopic (exact) mass is 273 g/mol. The number of benzene rings is 1. The topological polar surface area (TPSA) is 40.5 Å². The molecule has 0 spiro atoms. The van der Waals surface area contributed by atoms with E-state index in [9.17, 15) is 9.90 Å². The zero-order valence-corrected chi connectivity index (χ0v) is 12.1. The molecular weight excluding hydrogens is 250 g/mol. The van der Waals surface area contributed by atoms with Crippen molar-refractivity contribution >= 4 is 11.6 Å². The van der Waals surface area contributed by atoms with Gasteiger partial charge in [0.2, 0.25) is 5.91 Å². The first-order chi connectivity index (χ1) is 9.66. The molecule has 3 heteroatoms. The highest BCUT2D eigenvalue weighted by Crippen LogP contribution is 2.36. The van der Waals surface area contributed by atoms with Gasteiger partial charge in [-0.25, -0.2) is 0 Å². The van der Waals surface area contributed by atoms with Crippen molar-refractivity contribution in [1.82, 2.24) is 0 Å². The number of hydrogen-bond donors (Lipinski definition) is 1. The smallest absolute Gasteiger partial charge is 0.227 e. The Morgan fingerprint density at radius 3 is 2.70 bits per heavy atom. The highest BCUT2D eigenvalue weighted by Gasteiger charge is 2.26. The number of aliphatic hydroxyl groups is 1. The Balaban J connectivity index is 1.83. The number of amides is 1. The molecule has 2 aliphatic rings. The second-order valence-corrected chi connectivity index (χ2v) is 6.18. The second-order valence-electron chi connectivity index (χ2n) is 6.18. The lowest BCUT2D eigenvalue weighted by atomic mass is 9.82. The molecule has 1 unspecified atom stereocenters. The van der Waals surface area contributed by atoms with E-state index in [-0.39, 0.29) is 12.0 Å². The first kappa shape index (κ1) is 13.6. The van der Waals surface area contributed by atoms with Gasteiger partial charge in [-0.3, -0.25) is 4.79 Å². The number of nitrogens with zero attached hydrogens (tertiary/aromatic N) is 1. The molecule has 3 rings (SSSR count). The third kappa shape index (κ3) is 2.47. The second kappa shape index (κ2) is 5.57. The largest absolute Gasteiger partial charge is 0.388 e. The first-order valence-corrected chi connectivity index (χ1v) is 7.74. The molecule has 20 heavy (non-hydrogen) atoms. The van der Waals surface area contributed by atoms with E-state index in [4.69, 9.17) is 0 Å². The summed E-state index contributed by atoms with van der Waals surface area (Å²) in [6.07, 6.45) is 7.08. The third-order valence-corrected chi connectivity index (χ3v) is 4.89. The Labute approximate surface area is 120 Å². The van der Waals surface area contributed by atoms with Crippen LogP contribution in [0.25, 0.3) is 0 Å². The average Bonchev–Trinajstić information content (AvgIpc) is 2.51. The molecule has 1 saturated carbocycles. The van der Waals surface area contributed by atoms with Crippen molar-refractivity contribution in [2.24, 2.45) is 5.92 Å². The number of rotatable bonds is 2. The molecule has 3 nitrogen and oxygen atoms in total. The lowest BCUT2D eigenvalue weighted by Crippen LogP contribution is -2.31. The molecule has 1 aliphatic carbocycles. The molecule has 108 valence electrons. The average molecular weight is 273 g/mol. The van der Waals surface area contributed by atoms with Crippen LogP contribution in [0.2, 0.25) is 0 Å². The van der Waals surface area contributed by atoms with Crippen molar-refractivity contribution in [3.05, 3.63) is 29.3 Å². The van der Waals surface area contributed by atoms with Gasteiger partial charge in [0.15, 0.2) is 0 Å². The van der Waals surface area contributed by atoms with Gasteiger partial charge in [0.25, 0.3) is 0 Å². The molecule has 0 bridgehead atoms. The minimum atomic E-state index is -0.344. The van der Waals surface area contributed by atoms with Crippen LogP contribution in [0.3, 0.4) is 0 Å². The summed E-state index contributed by atoms with van der Waals surface area (Å²) in [6, 6.07) is 6.10. The van der Waals surface area contributed by atoms with Crippen molar-refractivity contribution in [2.75, 3.05) is 11.9 Å². The molecule has 1 aromatic carbocycles. The van der Waals surface area contributed by atoms with E-state index in [1.165, 1.54) is 24.8 Å². The standard InChI is InChI=1S/C17H23NO2/c1-18-15-9-7-14(11-13(15)8-10-16(18)19)17(20)12-5-3-2-4-6-12/h7,9,11-12,17,20H,2-6,8,10H2,1H3. The van der Waals surface area contributed by atoms with Crippen LogP contribution in [0, 0.1) is 5.92 Å². The predicted octanol–water partition coefficient (Wildman–Crippen LogP) is 3.21. The maximum absolute atomic E-state index is 11.7. The highest BCUT2D eigenvalue weighted by atomic mass is 16.3. The zero-order valence-electron chi connectivity index (χ0n) is 12.1. The molecule has 1 fully saturated rings. The van der Waals surface area contributed by atoms with E-state index >= 15 is 0 Å². The van der Waals surface area contributed by atoms with E-state index in [2.05, 4.69) is 6.07 Å². The zero-order chi connectivity index (χ0) is 14.1. The molecule has 0 radical (unpaired) electrons. The quantitative estimate of drug-likeness (QED) is 0.899. The lowest BCUT2D eigenvalue weighted by Gasteiger charge is -2.29. The van der Waals surface area contributed by atoms with Crippen LogP contribution >= 0.6 is 0 Å². The van der Waals surface area contributed by atoms with Crippen LogP contribution < -0.4 is 4.90 Å². The summed E-state index contributed by atoms with van der Waals surface area (Å²) >= 11 is 0. The van der Waals surface area contributed by atoms with Crippen LogP contribution in [0.15, 0.2) is 18.2 Å². The van der Waals surface area contributed by atoms with Gasteiger partial charge >= 0.3 is 0 Å². The minimum absolute atomic E-state index is 0.179. The summed E-state index contributed by atoms with van der Waals surface area (Å²) in [5.74, 6) is 0.586. The maximum atomic E-state index is 11.7. The summed E-state index contributed by atoms with van der Waals surface area (Å²) in [4.78, 5) is 13.4. The number of carbonyl (C=O) groups is 1. The van der Waals surface area contributed by atoms with Gasteiger partial charge < -0.3 is 10.0 Å². The Kier molecular flexibility index (Phi) is 3.79. The summed E-state index contributed by atoms with van der Waals surface area (Å²) in [5.41, 5.74) is 3.22. The Morgan fingerprint density at radius 2 is 1.95 bits per heavy atom. The van der Waals surface area contributed by atoms with Crippen LogP contribution in [0.5, 0.6) is 0 Å². The van der Waals surface area contributed by atoms with Gasteiger partial charge in [-0.2, -0.15) is 0 Å². The summed E-state index contributed by atoms with van der Waals surface area (Å²) in [7, 11) is 1.83. The molecule has 0 saturated heterocycles. The molecule has 1 aromatic rings. The van der Waals surface area contributed by atoms with Gasteiger partial charge in [-0.1, -0.05) is 31.4 Å². The van der Waals surface area contributed by atoms with Crippen LogP contribution in [0.1, 0.15) is 55.8 Å². The highest BCUT2D eigenvalue weighted by molar-refractivity contribution is 5.95. The fourth-order valence-electron chi connectivity index (χ4n) is 3.58. The van der Waals surface area contributed by atoms with Crippen molar-refractivity contribution < 1.29 is 9.90 Å². The van der Waals surface area contributed by atoms with Crippen molar-refractivity contribution in [2.45, 2.75) is 51.0 Å². The molecule has 1 heterocycles. The summed E-state index contributed by atoms with van der Waals surface area (Å²) in [5, 5.41) is 10.6. The maximum Gasteiger partial charge on any atom is 0.227 e. The third-order valence-electron chi connectivity index (χ3n) is 4.89. The van der Waals surface area contributed by atoms with Crippen LogP contribution in [0.4, 0.5) is 5.69 Å². The van der Waals surface area contributed by atoms with Gasteiger partial charge in [-0.15, -0.1) is 0 Å². The number of hydrogen-bond acceptors (Lipinski definition) is 2. The van der Waals surface area contributed by atoms with Crippen LogP contribution in [-0.2, 0) is 11.2 Å². The van der Waals surface area contributed by atoms with E-state index in [1.807, 2.05) is 19.2 Å². The van der Waals surface area contributed by atoms with Gasteiger partial charge in [-0.05, 0) is 42.4 Å². The van der Waals surface area contributed by atoms with Gasteiger partial charge in [0.05, 0.1) is 6.10 Å². The number of anilines is 1. The number of carbonyl (C=O) groups excluding carboxylic acids is 1.